The van der Waals surface area contributed by atoms with Crippen LogP contribution in [0.4, 0.5) is 0 Å². The third kappa shape index (κ3) is 4.80. The van der Waals surface area contributed by atoms with Crippen molar-refractivity contribution in [2.24, 2.45) is 0 Å². The standard InChI is InChI=1S/C13H16O4/c1-2-7-16-8-9-17-10-11-5-3-4-6-12(11)13(14)15/h2-6H,1,7-10H2,(H,14,15). The summed E-state index contributed by atoms with van der Waals surface area (Å²) in [4.78, 5) is 10.9. The van der Waals surface area contributed by atoms with Gasteiger partial charge in [-0.25, -0.2) is 4.79 Å². The average molecular weight is 236 g/mol. The van der Waals surface area contributed by atoms with Crippen LogP contribution in [0.25, 0.3) is 0 Å². The van der Waals surface area contributed by atoms with E-state index in [0.29, 0.717) is 25.4 Å². The Morgan fingerprint density at radius 2 is 2.00 bits per heavy atom. The highest BCUT2D eigenvalue weighted by Crippen LogP contribution is 2.09. The van der Waals surface area contributed by atoms with Gasteiger partial charge in [0.1, 0.15) is 0 Å². The SMILES string of the molecule is C=CCOCCOCc1ccccc1C(=O)O. The van der Waals surface area contributed by atoms with Crippen molar-refractivity contribution in [2.75, 3.05) is 19.8 Å². The van der Waals surface area contributed by atoms with Crippen molar-refractivity contribution >= 4 is 5.97 Å². The maximum absolute atomic E-state index is 10.9. The molecule has 0 aliphatic heterocycles. The summed E-state index contributed by atoms with van der Waals surface area (Å²) in [5.41, 5.74) is 0.947. The van der Waals surface area contributed by atoms with Crippen LogP contribution in [0.5, 0.6) is 0 Å². The van der Waals surface area contributed by atoms with Gasteiger partial charge >= 0.3 is 5.97 Å². The normalized spacial score (nSPS) is 10.1. The van der Waals surface area contributed by atoms with Crippen molar-refractivity contribution in [3.63, 3.8) is 0 Å². The summed E-state index contributed by atoms with van der Waals surface area (Å²) in [5.74, 6) is -0.938. The van der Waals surface area contributed by atoms with E-state index in [4.69, 9.17) is 14.6 Å². The van der Waals surface area contributed by atoms with E-state index < -0.39 is 5.97 Å². The van der Waals surface area contributed by atoms with E-state index in [2.05, 4.69) is 6.58 Å². The lowest BCUT2D eigenvalue weighted by atomic mass is 10.1. The Morgan fingerprint density at radius 1 is 1.29 bits per heavy atom. The van der Waals surface area contributed by atoms with Gasteiger partial charge in [-0.15, -0.1) is 6.58 Å². The highest BCUT2D eigenvalue weighted by atomic mass is 16.5. The molecular weight excluding hydrogens is 220 g/mol. The molecule has 17 heavy (non-hydrogen) atoms. The van der Waals surface area contributed by atoms with Crippen LogP contribution in [0.1, 0.15) is 15.9 Å². The van der Waals surface area contributed by atoms with Gasteiger partial charge in [0.25, 0.3) is 0 Å². The summed E-state index contributed by atoms with van der Waals surface area (Å²) in [6.45, 7) is 5.20. The van der Waals surface area contributed by atoms with Crippen LogP contribution in [0.2, 0.25) is 0 Å². The first kappa shape index (κ1) is 13.4. The molecule has 1 rings (SSSR count). The van der Waals surface area contributed by atoms with Crippen LogP contribution >= 0.6 is 0 Å². The smallest absolute Gasteiger partial charge is 0.336 e. The molecule has 1 aromatic rings. The van der Waals surface area contributed by atoms with Crippen molar-refractivity contribution in [1.82, 2.24) is 0 Å². The third-order valence-electron chi connectivity index (χ3n) is 2.11. The zero-order chi connectivity index (χ0) is 12.5. The molecule has 0 bridgehead atoms. The summed E-state index contributed by atoms with van der Waals surface area (Å²) in [6, 6.07) is 6.79. The average Bonchev–Trinajstić information content (AvgIpc) is 2.34. The second-order valence-electron chi connectivity index (χ2n) is 3.38. The highest BCUT2D eigenvalue weighted by molar-refractivity contribution is 5.89. The summed E-state index contributed by atoms with van der Waals surface area (Å²) in [7, 11) is 0. The van der Waals surface area contributed by atoms with Crippen molar-refractivity contribution < 1.29 is 19.4 Å². The van der Waals surface area contributed by atoms with E-state index in [1.165, 1.54) is 0 Å². The molecule has 0 saturated heterocycles. The Kier molecular flexibility index (Phi) is 5.99. The zero-order valence-corrected chi connectivity index (χ0v) is 9.59. The van der Waals surface area contributed by atoms with E-state index in [9.17, 15) is 4.79 Å². The number of carbonyl (C=O) groups is 1. The number of rotatable bonds is 8. The molecular formula is C13H16O4. The number of benzene rings is 1. The molecule has 0 unspecified atom stereocenters. The molecule has 92 valence electrons. The Labute approximate surface area is 100 Å². The molecule has 0 aliphatic rings. The van der Waals surface area contributed by atoms with Crippen LogP contribution in [-0.2, 0) is 16.1 Å². The van der Waals surface area contributed by atoms with Gasteiger partial charge < -0.3 is 14.6 Å². The Bertz CT molecular complexity index is 373. The Morgan fingerprint density at radius 3 is 2.71 bits per heavy atom. The molecule has 0 aromatic heterocycles. The molecule has 4 heteroatoms. The molecule has 1 aromatic carbocycles. The number of ether oxygens (including phenoxy) is 2. The first-order chi connectivity index (χ1) is 8.25. The molecule has 0 atom stereocenters. The van der Waals surface area contributed by atoms with Gasteiger partial charge in [-0.2, -0.15) is 0 Å². The first-order valence-corrected chi connectivity index (χ1v) is 5.33. The fourth-order valence-electron chi connectivity index (χ4n) is 1.32. The Balaban J connectivity index is 2.36. The van der Waals surface area contributed by atoms with E-state index in [-0.39, 0.29) is 12.2 Å². The minimum Gasteiger partial charge on any atom is -0.478 e. The van der Waals surface area contributed by atoms with E-state index >= 15 is 0 Å². The van der Waals surface area contributed by atoms with Crippen LogP contribution < -0.4 is 0 Å². The van der Waals surface area contributed by atoms with Crippen LogP contribution in [-0.4, -0.2) is 30.9 Å². The monoisotopic (exact) mass is 236 g/mol. The lowest BCUT2D eigenvalue weighted by molar-refractivity contribution is 0.0492. The number of aromatic carboxylic acids is 1. The minimum absolute atomic E-state index is 0.277. The van der Waals surface area contributed by atoms with Crippen LogP contribution in [0.15, 0.2) is 36.9 Å². The fourth-order valence-corrected chi connectivity index (χ4v) is 1.32. The summed E-state index contributed by atoms with van der Waals surface area (Å²) in [6.07, 6.45) is 1.67. The zero-order valence-electron chi connectivity index (χ0n) is 9.59. The summed E-state index contributed by atoms with van der Waals surface area (Å²) < 4.78 is 10.5. The predicted octanol–water partition coefficient (Wildman–Crippen LogP) is 2.10. The van der Waals surface area contributed by atoms with Gasteiger partial charge in [0.15, 0.2) is 0 Å². The second kappa shape index (κ2) is 7.60. The van der Waals surface area contributed by atoms with E-state index in [0.717, 1.165) is 0 Å². The van der Waals surface area contributed by atoms with Gasteiger partial charge in [-0.1, -0.05) is 24.3 Å². The van der Waals surface area contributed by atoms with Crippen LogP contribution in [0.3, 0.4) is 0 Å². The molecule has 0 heterocycles. The number of hydrogen-bond donors (Lipinski definition) is 1. The number of carboxylic acid groups (broad SMARTS) is 1. The molecule has 0 amide bonds. The summed E-state index contributed by atoms with van der Waals surface area (Å²) in [5, 5.41) is 8.95. The Hall–Kier alpha value is -1.65. The van der Waals surface area contributed by atoms with Crippen molar-refractivity contribution in [3.05, 3.63) is 48.0 Å². The lowest BCUT2D eigenvalue weighted by Crippen LogP contribution is -2.07. The molecule has 0 spiro atoms. The van der Waals surface area contributed by atoms with E-state index in [1.807, 2.05) is 0 Å². The van der Waals surface area contributed by atoms with Crippen molar-refractivity contribution in [3.8, 4) is 0 Å². The number of carboxylic acids is 1. The van der Waals surface area contributed by atoms with Crippen molar-refractivity contribution in [1.29, 1.82) is 0 Å². The third-order valence-corrected chi connectivity index (χ3v) is 2.11. The van der Waals surface area contributed by atoms with Gasteiger partial charge in [-0.05, 0) is 11.6 Å². The number of hydrogen-bond acceptors (Lipinski definition) is 3. The largest absolute Gasteiger partial charge is 0.478 e. The molecule has 0 aliphatic carbocycles. The minimum atomic E-state index is -0.938. The maximum Gasteiger partial charge on any atom is 0.336 e. The highest BCUT2D eigenvalue weighted by Gasteiger charge is 2.08. The molecule has 4 nitrogen and oxygen atoms in total. The summed E-state index contributed by atoms with van der Waals surface area (Å²) >= 11 is 0. The van der Waals surface area contributed by atoms with Gasteiger partial charge in [0, 0.05) is 0 Å². The lowest BCUT2D eigenvalue weighted by Gasteiger charge is -2.07. The van der Waals surface area contributed by atoms with Crippen molar-refractivity contribution in [2.45, 2.75) is 6.61 Å². The quantitative estimate of drug-likeness (QED) is 0.554. The molecule has 0 saturated carbocycles. The molecule has 1 N–H and O–H groups in total. The predicted molar refractivity (Wildman–Crippen MR) is 64.1 cm³/mol. The van der Waals surface area contributed by atoms with Gasteiger partial charge in [-0.3, -0.25) is 0 Å². The van der Waals surface area contributed by atoms with Gasteiger partial charge in [0.05, 0.1) is 32.0 Å². The van der Waals surface area contributed by atoms with Gasteiger partial charge in [0.2, 0.25) is 0 Å². The fraction of sp³-hybridized carbons (Fsp3) is 0.308. The maximum atomic E-state index is 10.9. The van der Waals surface area contributed by atoms with Crippen LogP contribution in [0, 0.1) is 0 Å². The molecule has 0 radical (unpaired) electrons. The topological polar surface area (TPSA) is 55.8 Å². The van der Waals surface area contributed by atoms with E-state index in [1.54, 1.807) is 30.3 Å². The molecule has 0 fully saturated rings. The first-order valence-electron chi connectivity index (χ1n) is 5.33. The second-order valence-corrected chi connectivity index (χ2v) is 3.38.